The Hall–Kier alpha value is -0.0800. The Morgan fingerprint density at radius 3 is 1.10 bits per heavy atom. The van der Waals surface area contributed by atoms with Crippen LogP contribution in [0.4, 0.5) is 0 Å². The molecular formula is C48H82N2. The SMILES string of the molecule is C1CCC(C2CCCC3C2CC2C(CC4CCCCC4C2N(C2CCCCC2)C2CCCCC2)C3N(C2CCCCC2)C2CCCCC2)CC1. The van der Waals surface area contributed by atoms with E-state index in [-0.39, 0.29) is 0 Å². The molecule has 0 radical (unpaired) electrons. The van der Waals surface area contributed by atoms with Gasteiger partial charge in [0, 0.05) is 36.3 Å². The van der Waals surface area contributed by atoms with Crippen molar-refractivity contribution in [1.29, 1.82) is 0 Å². The van der Waals surface area contributed by atoms with Gasteiger partial charge in [0.15, 0.2) is 0 Å². The zero-order valence-corrected chi connectivity index (χ0v) is 33.0. The summed E-state index contributed by atoms with van der Waals surface area (Å²) in [5, 5.41) is 0. The third-order valence-corrected chi connectivity index (χ3v) is 18.5. The molecule has 2 heteroatoms. The van der Waals surface area contributed by atoms with E-state index in [9.17, 15) is 0 Å². The smallest absolute Gasteiger partial charge is 0.0164 e. The minimum atomic E-state index is 0.918. The lowest BCUT2D eigenvalue weighted by Gasteiger charge is -2.66. The van der Waals surface area contributed by atoms with Crippen LogP contribution >= 0.6 is 0 Å². The van der Waals surface area contributed by atoms with E-state index in [0.29, 0.717) is 0 Å². The molecule has 2 nitrogen and oxygen atoms in total. The minimum Gasteiger partial charge on any atom is -0.294 e. The summed E-state index contributed by atoms with van der Waals surface area (Å²) in [6.45, 7) is 0. The van der Waals surface area contributed by atoms with Crippen LogP contribution in [0.5, 0.6) is 0 Å². The molecule has 9 aliphatic rings. The van der Waals surface area contributed by atoms with E-state index >= 15 is 0 Å². The maximum absolute atomic E-state index is 3.53. The van der Waals surface area contributed by atoms with Crippen molar-refractivity contribution >= 4 is 0 Å². The van der Waals surface area contributed by atoms with Crippen molar-refractivity contribution in [3.63, 3.8) is 0 Å². The highest BCUT2D eigenvalue weighted by atomic mass is 15.3. The summed E-state index contributed by atoms with van der Waals surface area (Å²) in [7, 11) is 0. The van der Waals surface area contributed by atoms with Gasteiger partial charge < -0.3 is 0 Å². The molecule has 0 aliphatic heterocycles. The summed E-state index contributed by atoms with van der Waals surface area (Å²) >= 11 is 0. The zero-order chi connectivity index (χ0) is 33.3. The highest BCUT2D eigenvalue weighted by Gasteiger charge is 2.60. The fourth-order valence-corrected chi connectivity index (χ4v) is 16.6. The van der Waals surface area contributed by atoms with Crippen LogP contribution in [0.2, 0.25) is 0 Å². The van der Waals surface area contributed by atoms with E-state index in [1.54, 1.807) is 109 Å². The van der Waals surface area contributed by atoms with Gasteiger partial charge in [-0.25, -0.2) is 0 Å². The molecule has 9 unspecified atom stereocenters. The van der Waals surface area contributed by atoms with Gasteiger partial charge in [0.25, 0.3) is 0 Å². The van der Waals surface area contributed by atoms with Crippen molar-refractivity contribution in [2.45, 2.75) is 255 Å². The molecule has 50 heavy (non-hydrogen) atoms. The fourth-order valence-electron chi connectivity index (χ4n) is 16.6. The van der Waals surface area contributed by atoms with E-state index in [1.807, 2.05) is 0 Å². The van der Waals surface area contributed by atoms with Gasteiger partial charge in [-0.15, -0.1) is 0 Å². The van der Waals surface area contributed by atoms with E-state index in [0.717, 1.165) is 83.6 Å². The van der Waals surface area contributed by atoms with Crippen LogP contribution in [-0.4, -0.2) is 46.1 Å². The first-order valence-electron chi connectivity index (χ1n) is 24.4. The van der Waals surface area contributed by atoms with E-state index in [2.05, 4.69) is 9.80 Å². The third kappa shape index (κ3) is 7.22. The van der Waals surface area contributed by atoms with E-state index < -0.39 is 0 Å². The molecule has 0 amide bonds. The topological polar surface area (TPSA) is 6.48 Å². The summed E-state index contributed by atoms with van der Waals surface area (Å²) in [6.07, 6.45) is 52.8. The molecule has 9 aliphatic carbocycles. The Morgan fingerprint density at radius 2 is 0.580 bits per heavy atom. The van der Waals surface area contributed by atoms with E-state index in [1.165, 1.54) is 109 Å². The number of hydrogen-bond donors (Lipinski definition) is 0. The first-order valence-corrected chi connectivity index (χ1v) is 24.4. The van der Waals surface area contributed by atoms with Crippen LogP contribution < -0.4 is 0 Å². The van der Waals surface area contributed by atoms with Crippen molar-refractivity contribution in [2.75, 3.05) is 0 Å². The summed E-state index contributed by atoms with van der Waals surface area (Å²) in [5.41, 5.74) is 0. The van der Waals surface area contributed by atoms with Gasteiger partial charge in [0.05, 0.1) is 0 Å². The Morgan fingerprint density at radius 1 is 0.220 bits per heavy atom. The van der Waals surface area contributed by atoms with Gasteiger partial charge in [0.2, 0.25) is 0 Å². The Kier molecular flexibility index (Phi) is 11.9. The van der Waals surface area contributed by atoms with Gasteiger partial charge >= 0.3 is 0 Å². The van der Waals surface area contributed by atoms with Crippen LogP contribution in [-0.2, 0) is 0 Å². The quantitative estimate of drug-likeness (QED) is 0.263. The van der Waals surface area contributed by atoms with Crippen LogP contribution in [0.15, 0.2) is 0 Å². The van der Waals surface area contributed by atoms with Crippen molar-refractivity contribution in [3.8, 4) is 0 Å². The third-order valence-electron chi connectivity index (χ3n) is 18.5. The van der Waals surface area contributed by atoms with E-state index in [4.69, 9.17) is 0 Å². The maximum Gasteiger partial charge on any atom is 0.0164 e. The lowest BCUT2D eigenvalue weighted by atomic mass is 9.47. The molecule has 0 saturated heterocycles. The van der Waals surface area contributed by atoms with Crippen LogP contribution in [0.1, 0.15) is 218 Å². The first-order chi connectivity index (χ1) is 24.8. The summed E-state index contributed by atoms with van der Waals surface area (Å²) in [6, 6.07) is 5.54. The standard InChI is InChI=1S/C48H82N2/c1-6-19-35(20-7-1)41-31-18-32-43-44(41)34-46-45(48(43)50(39-26-12-4-13-27-39)40-28-14-5-15-29-40)33-36-21-16-17-30-42(36)47(46)49(37-22-8-2-9-23-37)38-24-10-3-11-25-38/h35-48H,1-34H2. The lowest BCUT2D eigenvalue weighted by molar-refractivity contribution is -0.163. The predicted octanol–water partition coefficient (Wildman–Crippen LogP) is 13.1. The zero-order valence-electron chi connectivity index (χ0n) is 33.0. The molecule has 0 N–H and O–H groups in total. The van der Waals surface area contributed by atoms with Gasteiger partial charge in [0.1, 0.15) is 0 Å². The Bertz CT molecular complexity index is 989. The molecule has 9 rings (SSSR count). The van der Waals surface area contributed by atoms with Crippen molar-refractivity contribution < 1.29 is 0 Å². The molecule has 9 fully saturated rings. The van der Waals surface area contributed by atoms with Gasteiger partial charge in [-0.05, 0) is 131 Å². The molecule has 284 valence electrons. The largest absolute Gasteiger partial charge is 0.294 e. The molecule has 0 aromatic carbocycles. The normalized spacial score (nSPS) is 42.2. The predicted molar refractivity (Wildman–Crippen MR) is 211 cm³/mol. The average molecular weight is 687 g/mol. The van der Waals surface area contributed by atoms with Crippen LogP contribution in [0, 0.1) is 47.3 Å². The van der Waals surface area contributed by atoms with Crippen molar-refractivity contribution in [2.24, 2.45) is 47.3 Å². The highest BCUT2D eigenvalue weighted by molar-refractivity contribution is 5.12. The highest BCUT2D eigenvalue weighted by Crippen LogP contribution is 2.61. The summed E-state index contributed by atoms with van der Waals surface area (Å²) in [4.78, 5) is 7.04. The first kappa shape index (κ1) is 35.6. The Labute approximate surface area is 310 Å². The molecule has 9 saturated carbocycles. The molecule has 9 atom stereocenters. The summed E-state index contributed by atoms with van der Waals surface area (Å²) < 4.78 is 0. The van der Waals surface area contributed by atoms with Crippen LogP contribution in [0.3, 0.4) is 0 Å². The molecular weight excluding hydrogens is 605 g/mol. The molecule has 0 heterocycles. The number of rotatable bonds is 7. The maximum atomic E-state index is 3.53. The fraction of sp³-hybridized carbons (Fsp3) is 1.00. The molecule has 0 aromatic heterocycles. The molecule has 0 aromatic rings. The second-order valence-corrected chi connectivity index (χ2v) is 20.9. The lowest BCUT2D eigenvalue weighted by Crippen LogP contribution is -2.68. The monoisotopic (exact) mass is 687 g/mol. The van der Waals surface area contributed by atoms with Gasteiger partial charge in [-0.2, -0.15) is 0 Å². The van der Waals surface area contributed by atoms with Crippen LogP contribution in [0.25, 0.3) is 0 Å². The minimum absolute atomic E-state index is 0.918. The average Bonchev–Trinajstić information content (AvgIpc) is 3.20. The number of nitrogens with zero attached hydrogens (tertiary/aromatic N) is 2. The van der Waals surface area contributed by atoms with Crippen molar-refractivity contribution in [1.82, 2.24) is 9.80 Å². The summed E-state index contributed by atoms with van der Waals surface area (Å²) in [5.74, 6) is 8.30. The van der Waals surface area contributed by atoms with Crippen molar-refractivity contribution in [3.05, 3.63) is 0 Å². The Balaban J connectivity index is 1.15. The second-order valence-electron chi connectivity index (χ2n) is 20.9. The number of hydrogen-bond acceptors (Lipinski definition) is 2. The second kappa shape index (κ2) is 16.7. The van der Waals surface area contributed by atoms with Gasteiger partial charge in [-0.1, -0.05) is 135 Å². The number of fused-ring (bicyclic) bond motifs is 3. The molecule has 0 bridgehead atoms. The molecule has 0 spiro atoms. The van der Waals surface area contributed by atoms with Gasteiger partial charge in [-0.3, -0.25) is 9.80 Å².